The number of aryl methyl sites for hydroxylation is 1. The van der Waals surface area contributed by atoms with Gasteiger partial charge < -0.3 is 15.5 Å². The number of aromatic nitrogens is 1. The first-order valence-corrected chi connectivity index (χ1v) is 8.45. The predicted octanol–water partition coefficient (Wildman–Crippen LogP) is 2.57. The second-order valence-corrected chi connectivity index (χ2v) is 6.56. The molecule has 0 radical (unpaired) electrons. The van der Waals surface area contributed by atoms with Crippen LogP contribution >= 0.6 is 24.8 Å². The van der Waals surface area contributed by atoms with Gasteiger partial charge in [0.15, 0.2) is 0 Å². The molecular formula is C17H29Cl2N3O2. The molecule has 0 spiro atoms. The van der Waals surface area contributed by atoms with E-state index in [9.17, 15) is 10.2 Å². The molecule has 1 saturated heterocycles. The Morgan fingerprint density at radius 3 is 2.46 bits per heavy atom. The Labute approximate surface area is 156 Å². The first-order valence-electron chi connectivity index (χ1n) is 8.45. The lowest BCUT2D eigenvalue weighted by Crippen LogP contribution is -2.47. The second kappa shape index (κ2) is 9.78. The van der Waals surface area contributed by atoms with Crippen molar-refractivity contribution in [3.8, 4) is 5.75 Å². The average Bonchev–Trinajstić information content (AvgIpc) is 3.07. The fourth-order valence-electron chi connectivity index (χ4n) is 4.06. The highest BCUT2D eigenvalue weighted by atomic mass is 35.5. The molecule has 1 aromatic rings. The van der Waals surface area contributed by atoms with Gasteiger partial charge in [-0.3, -0.25) is 9.88 Å². The van der Waals surface area contributed by atoms with Gasteiger partial charge in [0.25, 0.3) is 0 Å². The number of nitrogens with one attached hydrogen (secondary N) is 1. The van der Waals surface area contributed by atoms with Gasteiger partial charge >= 0.3 is 0 Å². The summed E-state index contributed by atoms with van der Waals surface area (Å²) < 4.78 is 0. The van der Waals surface area contributed by atoms with Gasteiger partial charge in [-0.2, -0.15) is 0 Å². The molecule has 0 unspecified atom stereocenters. The van der Waals surface area contributed by atoms with Crippen LogP contribution in [0.3, 0.4) is 0 Å². The van der Waals surface area contributed by atoms with E-state index in [2.05, 4.69) is 15.2 Å². The summed E-state index contributed by atoms with van der Waals surface area (Å²) in [5, 5.41) is 23.8. The Hall–Kier alpha value is -0.590. The molecule has 0 aromatic carbocycles. The molecule has 1 aliphatic heterocycles. The molecular weight excluding hydrogens is 349 g/mol. The fourth-order valence-corrected chi connectivity index (χ4v) is 4.06. The van der Waals surface area contributed by atoms with E-state index < -0.39 is 0 Å². The molecule has 2 heterocycles. The number of aliphatic hydroxyl groups is 1. The summed E-state index contributed by atoms with van der Waals surface area (Å²) in [4.78, 5) is 6.71. The summed E-state index contributed by atoms with van der Waals surface area (Å²) in [6, 6.07) is 0.202. The monoisotopic (exact) mass is 377 g/mol. The molecule has 2 aliphatic rings. The number of aliphatic hydroxyl groups excluding tert-OH is 1. The van der Waals surface area contributed by atoms with Crippen LogP contribution in [0.1, 0.15) is 48.5 Å². The van der Waals surface area contributed by atoms with Crippen molar-refractivity contribution in [3.05, 3.63) is 23.0 Å². The van der Waals surface area contributed by atoms with Crippen LogP contribution < -0.4 is 5.32 Å². The van der Waals surface area contributed by atoms with Crippen molar-refractivity contribution in [3.63, 3.8) is 0 Å². The smallest absolute Gasteiger partial charge is 0.141 e. The van der Waals surface area contributed by atoms with Crippen LogP contribution in [-0.4, -0.2) is 46.3 Å². The van der Waals surface area contributed by atoms with Crippen molar-refractivity contribution in [2.24, 2.45) is 5.92 Å². The minimum atomic E-state index is -0.0640. The van der Waals surface area contributed by atoms with Crippen molar-refractivity contribution in [1.82, 2.24) is 15.2 Å². The molecule has 1 aromatic heterocycles. The van der Waals surface area contributed by atoms with E-state index >= 15 is 0 Å². The van der Waals surface area contributed by atoms with E-state index in [0.29, 0.717) is 11.6 Å². The molecule has 0 bridgehead atoms. The Bertz CT molecular complexity index is 519. The lowest BCUT2D eigenvalue weighted by molar-refractivity contribution is 0.120. The maximum absolute atomic E-state index is 10.7. The van der Waals surface area contributed by atoms with Gasteiger partial charge in [0, 0.05) is 49.5 Å². The first-order chi connectivity index (χ1) is 10.7. The lowest BCUT2D eigenvalue weighted by Gasteiger charge is -2.39. The summed E-state index contributed by atoms with van der Waals surface area (Å²) in [5.74, 6) is 0.845. The van der Waals surface area contributed by atoms with Crippen LogP contribution in [0.4, 0.5) is 0 Å². The number of nitrogens with zero attached hydrogens (tertiary/aromatic N) is 2. The van der Waals surface area contributed by atoms with Crippen molar-refractivity contribution in [2.75, 3.05) is 26.2 Å². The summed E-state index contributed by atoms with van der Waals surface area (Å²) in [6.07, 6.45) is 6.69. The Balaban J connectivity index is 0.00000144. The highest BCUT2D eigenvalue weighted by Gasteiger charge is 2.35. The second-order valence-electron chi connectivity index (χ2n) is 6.56. The Kier molecular flexibility index (Phi) is 8.74. The molecule has 3 rings (SSSR count). The van der Waals surface area contributed by atoms with E-state index in [4.69, 9.17) is 0 Å². The Morgan fingerprint density at radius 2 is 1.88 bits per heavy atom. The standard InChI is InChI=1S/C17H27N3O2.2ClH/c1-12-17(22)15(14(11-21)10-19-12)16(13-4-2-3-5-13)20-8-6-18-7-9-20;;/h10,13,16,18,21-22H,2-9,11H2,1H3;2*1H/t16-;;/m1../s1. The lowest BCUT2D eigenvalue weighted by atomic mass is 9.87. The molecule has 24 heavy (non-hydrogen) atoms. The molecule has 1 saturated carbocycles. The highest BCUT2D eigenvalue weighted by molar-refractivity contribution is 5.85. The third-order valence-corrected chi connectivity index (χ3v) is 5.22. The molecule has 1 aliphatic carbocycles. The predicted molar refractivity (Wildman–Crippen MR) is 100 cm³/mol. The van der Waals surface area contributed by atoms with E-state index in [1.54, 1.807) is 6.20 Å². The summed E-state index contributed by atoms with van der Waals surface area (Å²) in [6.45, 7) is 5.74. The normalized spacial score (nSPS) is 20.2. The number of aromatic hydroxyl groups is 1. The topological polar surface area (TPSA) is 68.6 Å². The summed E-state index contributed by atoms with van der Waals surface area (Å²) in [7, 11) is 0. The zero-order valence-electron chi connectivity index (χ0n) is 14.2. The third kappa shape index (κ3) is 4.33. The van der Waals surface area contributed by atoms with E-state index in [1.807, 2.05) is 6.92 Å². The van der Waals surface area contributed by atoms with Crippen molar-refractivity contribution in [2.45, 2.75) is 45.3 Å². The van der Waals surface area contributed by atoms with Crippen LogP contribution in [-0.2, 0) is 6.61 Å². The summed E-state index contributed by atoms with van der Waals surface area (Å²) >= 11 is 0. The maximum atomic E-state index is 10.7. The van der Waals surface area contributed by atoms with Gasteiger partial charge in [-0.1, -0.05) is 12.8 Å². The van der Waals surface area contributed by atoms with Crippen LogP contribution in [0, 0.1) is 12.8 Å². The molecule has 1 atom stereocenters. The van der Waals surface area contributed by atoms with E-state index in [-0.39, 0.29) is 43.2 Å². The van der Waals surface area contributed by atoms with Gasteiger partial charge in [-0.25, -0.2) is 0 Å². The minimum absolute atomic E-state index is 0. The van der Waals surface area contributed by atoms with Crippen molar-refractivity contribution in [1.29, 1.82) is 0 Å². The quantitative estimate of drug-likeness (QED) is 0.752. The third-order valence-electron chi connectivity index (χ3n) is 5.22. The maximum Gasteiger partial charge on any atom is 0.141 e. The molecule has 5 nitrogen and oxygen atoms in total. The van der Waals surface area contributed by atoms with Crippen LogP contribution in [0.15, 0.2) is 6.20 Å². The number of hydrogen-bond donors (Lipinski definition) is 3. The minimum Gasteiger partial charge on any atom is -0.506 e. The summed E-state index contributed by atoms with van der Waals surface area (Å²) in [5.41, 5.74) is 2.35. The van der Waals surface area contributed by atoms with Crippen LogP contribution in [0.2, 0.25) is 0 Å². The average molecular weight is 378 g/mol. The van der Waals surface area contributed by atoms with Crippen molar-refractivity contribution >= 4 is 24.8 Å². The van der Waals surface area contributed by atoms with Crippen LogP contribution in [0.25, 0.3) is 0 Å². The van der Waals surface area contributed by atoms with E-state index in [1.165, 1.54) is 25.7 Å². The van der Waals surface area contributed by atoms with Crippen LogP contribution in [0.5, 0.6) is 5.75 Å². The molecule has 2 fully saturated rings. The molecule has 3 N–H and O–H groups in total. The Morgan fingerprint density at radius 1 is 1.25 bits per heavy atom. The number of hydrogen-bond acceptors (Lipinski definition) is 5. The molecule has 7 heteroatoms. The zero-order valence-corrected chi connectivity index (χ0v) is 15.8. The highest BCUT2D eigenvalue weighted by Crippen LogP contribution is 2.44. The number of pyridine rings is 1. The van der Waals surface area contributed by atoms with Gasteiger partial charge in [-0.15, -0.1) is 24.8 Å². The number of rotatable bonds is 4. The zero-order chi connectivity index (χ0) is 15.5. The van der Waals surface area contributed by atoms with E-state index in [0.717, 1.165) is 37.3 Å². The molecule has 138 valence electrons. The van der Waals surface area contributed by atoms with Gasteiger partial charge in [0.05, 0.1) is 12.3 Å². The first kappa shape index (κ1) is 21.5. The largest absolute Gasteiger partial charge is 0.506 e. The molecule has 0 amide bonds. The van der Waals surface area contributed by atoms with Gasteiger partial charge in [-0.05, 0) is 25.7 Å². The number of piperazine rings is 1. The van der Waals surface area contributed by atoms with Crippen molar-refractivity contribution < 1.29 is 10.2 Å². The van der Waals surface area contributed by atoms with Gasteiger partial charge in [0.1, 0.15) is 5.75 Å². The van der Waals surface area contributed by atoms with Gasteiger partial charge in [0.2, 0.25) is 0 Å². The number of halogens is 2. The fraction of sp³-hybridized carbons (Fsp3) is 0.706. The SMILES string of the molecule is Cc1ncc(CO)c([C@@H](C2CCCC2)N2CCNCC2)c1O.Cl.Cl.